The molecule has 6 nitrogen and oxygen atoms in total. The van der Waals surface area contributed by atoms with E-state index >= 15 is 0 Å². The van der Waals surface area contributed by atoms with Crippen LogP contribution in [0.4, 0.5) is 0 Å². The van der Waals surface area contributed by atoms with E-state index in [4.69, 9.17) is 14.2 Å². The van der Waals surface area contributed by atoms with Gasteiger partial charge in [-0.1, -0.05) is 284 Å². The maximum Gasteiger partial charge on any atom is 0.306 e. The topological polar surface area (TPSA) is 78.9 Å². The van der Waals surface area contributed by atoms with Gasteiger partial charge in [-0.3, -0.25) is 14.4 Å². The Kier molecular flexibility index (Phi) is 63.3. The SMILES string of the molecule is CC/C=C\C/C=C\C/C=C\C/C=C\CCCCCCCCCCCCCCC(=O)OCC(COC(=O)CCCCCCC/C=C\CCCCCC)OC(=O)CCCCCCCCCCCC/C=C\C/C=C\C/C=C\C/C=C\CC. The molecular formula is C73H124O6. The first kappa shape index (κ1) is 75.1. The zero-order valence-electron chi connectivity index (χ0n) is 51.9. The number of rotatable bonds is 60. The van der Waals surface area contributed by atoms with E-state index in [0.717, 1.165) is 116 Å². The van der Waals surface area contributed by atoms with E-state index in [1.165, 1.54) is 161 Å². The molecule has 0 aliphatic rings. The lowest BCUT2D eigenvalue weighted by Gasteiger charge is -2.18. The van der Waals surface area contributed by atoms with Gasteiger partial charge in [-0.25, -0.2) is 0 Å². The van der Waals surface area contributed by atoms with Gasteiger partial charge in [0.25, 0.3) is 0 Å². The highest BCUT2D eigenvalue weighted by atomic mass is 16.6. The minimum absolute atomic E-state index is 0.0826. The minimum Gasteiger partial charge on any atom is -0.462 e. The van der Waals surface area contributed by atoms with Crippen molar-refractivity contribution in [2.24, 2.45) is 0 Å². The van der Waals surface area contributed by atoms with Gasteiger partial charge >= 0.3 is 17.9 Å². The molecule has 0 N–H and O–H groups in total. The highest BCUT2D eigenvalue weighted by Crippen LogP contribution is 2.16. The predicted molar refractivity (Wildman–Crippen MR) is 343 cm³/mol. The molecule has 6 heteroatoms. The van der Waals surface area contributed by atoms with E-state index in [0.29, 0.717) is 19.3 Å². The molecule has 79 heavy (non-hydrogen) atoms. The van der Waals surface area contributed by atoms with Crippen LogP contribution in [0.1, 0.15) is 316 Å². The van der Waals surface area contributed by atoms with E-state index in [9.17, 15) is 14.4 Å². The molecule has 0 aromatic rings. The lowest BCUT2D eigenvalue weighted by atomic mass is 10.0. The largest absolute Gasteiger partial charge is 0.462 e. The van der Waals surface area contributed by atoms with E-state index in [-0.39, 0.29) is 31.1 Å². The fourth-order valence-electron chi connectivity index (χ4n) is 9.30. The maximum atomic E-state index is 12.9. The van der Waals surface area contributed by atoms with Crippen LogP contribution in [0.25, 0.3) is 0 Å². The molecule has 0 radical (unpaired) electrons. The summed E-state index contributed by atoms with van der Waals surface area (Å²) < 4.78 is 17.0. The zero-order valence-corrected chi connectivity index (χ0v) is 51.9. The van der Waals surface area contributed by atoms with Crippen LogP contribution in [0, 0.1) is 0 Å². The van der Waals surface area contributed by atoms with E-state index < -0.39 is 6.10 Å². The van der Waals surface area contributed by atoms with Crippen molar-refractivity contribution in [3.05, 3.63) is 109 Å². The molecule has 0 saturated heterocycles. The molecule has 0 amide bonds. The smallest absolute Gasteiger partial charge is 0.306 e. The highest BCUT2D eigenvalue weighted by molar-refractivity contribution is 5.71. The van der Waals surface area contributed by atoms with Crippen molar-refractivity contribution >= 4 is 17.9 Å². The Morgan fingerprint density at radius 2 is 0.494 bits per heavy atom. The molecule has 0 fully saturated rings. The number of ether oxygens (including phenoxy) is 3. The Morgan fingerprint density at radius 1 is 0.266 bits per heavy atom. The summed E-state index contributed by atoms with van der Waals surface area (Å²) in [5, 5.41) is 0. The van der Waals surface area contributed by atoms with Crippen LogP contribution in [-0.2, 0) is 28.6 Å². The fraction of sp³-hybridized carbons (Fsp3) is 0.712. The Balaban J connectivity index is 4.32. The second-order valence-electron chi connectivity index (χ2n) is 22.0. The highest BCUT2D eigenvalue weighted by Gasteiger charge is 2.19. The van der Waals surface area contributed by atoms with Crippen molar-refractivity contribution in [2.45, 2.75) is 322 Å². The van der Waals surface area contributed by atoms with Gasteiger partial charge in [-0.15, -0.1) is 0 Å². The summed E-state index contributed by atoms with van der Waals surface area (Å²) in [6, 6.07) is 0. The summed E-state index contributed by atoms with van der Waals surface area (Å²) in [4.78, 5) is 38.4. The quantitative estimate of drug-likeness (QED) is 0.0261. The van der Waals surface area contributed by atoms with Crippen LogP contribution in [0.15, 0.2) is 109 Å². The van der Waals surface area contributed by atoms with Crippen LogP contribution < -0.4 is 0 Å². The first-order valence-corrected chi connectivity index (χ1v) is 33.4. The molecule has 0 spiro atoms. The van der Waals surface area contributed by atoms with Gasteiger partial charge in [-0.05, 0) is 122 Å². The molecule has 0 bridgehead atoms. The first-order valence-electron chi connectivity index (χ1n) is 33.4. The molecule has 0 aromatic heterocycles. The number of carbonyl (C=O) groups is 3. The Bertz CT molecular complexity index is 1590. The van der Waals surface area contributed by atoms with Gasteiger partial charge in [0, 0.05) is 19.3 Å². The van der Waals surface area contributed by atoms with Gasteiger partial charge in [0.2, 0.25) is 0 Å². The Hall–Kier alpha value is -3.93. The summed E-state index contributed by atoms with van der Waals surface area (Å²) in [5.74, 6) is -0.887. The molecule has 1 atom stereocenters. The van der Waals surface area contributed by atoms with Gasteiger partial charge in [-0.2, -0.15) is 0 Å². The third-order valence-corrected chi connectivity index (χ3v) is 14.2. The van der Waals surface area contributed by atoms with Crippen LogP contribution in [0.2, 0.25) is 0 Å². The van der Waals surface area contributed by atoms with Gasteiger partial charge in [0.05, 0.1) is 0 Å². The zero-order chi connectivity index (χ0) is 57.1. The number of carbonyl (C=O) groups excluding carboxylic acids is 3. The molecule has 0 aliphatic carbocycles. The summed E-state index contributed by atoms with van der Waals surface area (Å²) in [6.07, 6.45) is 91.0. The summed E-state index contributed by atoms with van der Waals surface area (Å²) >= 11 is 0. The van der Waals surface area contributed by atoms with Crippen LogP contribution in [0.5, 0.6) is 0 Å². The standard InChI is InChI=1S/C73H124O6/c1-4-7-10-13-16-19-22-25-27-29-31-33-35-36-38-39-41-43-45-48-51-54-57-60-63-66-72(75)78-69-70(68-77-71(74)65-62-59-56-53-50-47-24-21-18-15-12-9-6-3)79-73(76)67-64-61-58-55-52-49-46-44-42-40-37-34-32-30-28-26-23-20-17-14-11-8-5-2/h7-8,10-11,16-17,19-21,24-28,31-34,70H,4-6,9,12-15,18,22-23,29-30,35-69H2,1-3H3/b10-7-,11-8-,19-16-,20-17-,24-21-,27-25-,28-26-,33-31-,34-32-. The van der Waals surface area contributed by atoms with Crippen LogP contribution in [0.3, 0.4) is 0 Å². The minimum atomic E-state index is -0.787. The van der Waals surface area contributed by atoms with Crippen molar-refractivity contribution in [1.29, 1.82) is 0 Å². The molecular weight excluding hydrogens is 973 g/mol. The second-order valence-corrected chi connectivity index (χ2v) is 22.0. The number of esters is 3. The normalized spacial score (nSPS) is 12.8. The number of unbranched alkanes of at least 4 members (excludes halogenated alkanes) is 31. The molecule has 1 unspecified atom stereocenters. The molecule has 0 saturated carbocycles. The van der Waals surface area contributed by atoms with E-state index in [1.807, 2.05) is 0 Å². The average Bonchev–Trinajstić information content (AvgIpc) is 3.45. The first-order chi connectivity index (χ1) is 39.0. The third kappa shape index (κ3) is 64.8. The van der Waals surface area contributed by atoms with Gasteiger partial charge < -0.3 is 14.2 Å². The van der Waals surface area contributed by atoms with Gasteiger partial charge in [0.15, 0.2) is 6.10 Å². The van der Waals surface area contributed by atoms with Crippen molar-refractivity contribution in [2.75, 3.05) is 13.2 Å². The van der Waals surface area contributed by atoms with Crippen molar-refractivity contribution in [3.8, 4) is 0 Å². The van der Waals surface area contributed by atoms with Crippen molar-refractivity contribution < 1.29 is 28.6 Å². The summed E-state index contributed by atoms with van der Waals surface area (Å²) in [6.45, 7) is 6.42. The van der Waals surface area contributed by atoms with E-state index in [1.54, 1.807) is 0 Å². The lowest BCUT2D eigenvalue weighted by Crippen LogP contribution is -2.30. The molecule has 0 heterocycles. The van der Waals surface area contributed by atoms with Crippen molar-refractivity contribution in [3.63, 3.8) is 0 Å². The molecule has 452 valence electrons. The van der Waals surface area contributed by atoms with E-state index in [2.05, 4.69) is 130 Å². The average molecular weight is 1100 g/mol. The third-order valence-electron chi connectivity index (χ3n) is 14.2. The Morgan fingerprint density at radius 3 is 0.785 bits per heavy atom. The maximum absolute atomic E-state index is 12.9. The van der Waals surface area contributed by atoms with Crippen LogP contribution >= 0.6 is 0 Å². The Labute approximate surface area is 489 Å². The summed E-state index contributed by atoms with van der Waals surface area (Å²) in [7, 11) is 0. The van der Waals surface area contributed by atoms with Crippen LogP contribution in [-0.4, -0.2) is 37.2 Å². The van der Waals surface area contributed by atoms with Crippen molar-refractivity contribution in [1.82, 2.24) is 0 Å². The fourth-order valence-corrected chi connectivity index (χ4v) is 9.30. The lowest BCUT2D eigenvalue weighted by molar-refractivity contribution is -0.167. The monoisotopic (exact) mass is 1100 g/mol. The van der Waals surface area contributed by atoms with Gasteiger partial charge in [0.1, 0.15) is 13.2 Å². The predicted octanol–water partition coefficient (Wildman–Crippen LogP) is 23.0. The second kappa shape index (κ2) is 66.6. The number of hydrogen-bond acceptors (Lipinski definition) is 6. The molecule has 0 aromatic carbocycles. The number of hydrogen-bond donors (Lipinski definition) is 0. The molecule has 0 rings (SSSR count). The molecule has 0 aliphatic heterocycles. The summed E-state index contributed by atoms with van der Waals surface area (Å²) in [5.41, 5.74) is 0. The number of allylic oxidation sites excluding steroid dienone is 18.